The number of rotatable bonds is 8. The Morgan fingerprint density at radius 3 is 1.49 bits per heavy atom. The van der Waals surface area contributed by atoms with Crippen molar-refractivity contribution in [3.63, 3.8) is 0 Å². The van der Waals surface area contributed by atoms with Gasteiger partial charge in [-0.05, 0) is 75.9 Å². The molecule has 4 fully saturated rings. The van der Waals surface area contributed by atoms with E-state index in [1.807, 2.05) is 16.7 Å². The van der Waals surface area contributed by atoms with E-state index in [-0.39, 0.29) is 47.3 Å². The largest absolute Gasteiger partial charge is 0.493 e. The summed E-state index contributed by atoms with van der Waals surface area (Å²) in [5.74, 6) is -1.02. The maximum absolute atomic E-state index is 12.9. The van der Waals surface area contributed by atoms with Gasteiger partial charge in [0, 0.05) is 11.1 Å². The summed E-state index contributed by atoms with van der Waals surface area (Å²) in [7, 11) is 1.32. The van der Waals surface area contributed by atoms with Crippen molar-refractivity contribution < 1.29 is 48.0 Å². The second-order valence-corrected chi connectivity index (χ2v) is 11.4. The summed E-state index contributed by atoms with van der Waals surface area (Å²) in [6, 6.07) is 9.96. The molecule has 0 spiro atoms. The van der Waals surface area contributed by atoms with Crippen LogP contribution in [-0.2, 0) is 14.2 Å². The molecule has 6 rings (SSSR count). The average Bonchev–Trinajstić information content (AvgIpc) is 3.45. The number of carbonyl (C=O) groups excluding carboxylic acids is 3. The van der Waals surface area contributed by atoms with E-state index in [0.717, 1.165) is 25.7 Å². The maximum Gasteiger partial charge on any atom is 0.341 e. The number of hydrogen-bond donors (Lipinski definition) is 1. The number of carboxylic acids is 1. The third-order valence-corrected chi connectivity index (χ3v) is 8.64. The van der Waals surface area contributed by atoms with Crippen molar-refractivity contribution in [2.45, 2.75) is 63.7 Å². The molecule has 4 bridgehead atoms. The lowest BCUT2D eigenvalue weighted by Crippen LogP contribution is -2.49. The summed E-state index contributed by atoms with van der Waals surface area (Å²) in [4.78, 5) is 52.4. The average molecular weight is 625 g/mol. The van der Waals surface area contributed by atoms with Gasteiger partial charge < -0.3 is 38.6 Å². The number of hydrogen-bond acceptors (Lipinski definition) is 9. The predicted octanol–water partition coefficient (Wildman–Crippen LogP) is 3.66. The zero-order chi connectivity index (χ0) is 32.1. The van der Waals surface area contributed by atoms with Gasteiger partial charge in [-0.1, -0.05) is 0 Å². The molecule has 12 nitrogen and oxygen atoms in total. The third-order valence-electron chi connectivity index (χ3n) is 8.64. The van der Waals surface area contributed by atoms with Crippen molar-refractivity contribution in [2.75, 3.05) is 46.8 Å². The Bertz CT molecular complexity index is 1400. The van der Waals surface area contributed by atoms with Crippen LogP contribution in [0.3, 0.4) is 0 Å². The van der Waals surface area contributed by atoms with Crippen LogP contribution in [0, 0.1) is 0 Å². The molecule has 4 atom stereocenters. The smallest absolute Gasteiger partial charge is 0.341 e. The van der Waals surface area contributed by atoms with Crippen LogP contribution in [-0.4, -0.2) is 110 Å². The van der Waals surface area contributed by atoms with Gasteiger partial charge in [-0.25, -0.2) is 9.59 Å². The highest BCUT2D eigenvalue weighted by molar-refractivity contribution is 5.99. The number of benzene rings is 2. The van der Waals surface area contributed by atoms with Crippen LogP contribution >= 0.6 is 0 Å². The summed E-state index contributed by atoms with van der Waals surface area (Å²) in [6.07, 6.45) is 3.88. The molecule has 2 amide bonds. The Morgan fingerprint density at radius 1 is 0.711 bits per heavy atom. The second kappa shape index (κ2) is 14.3. The quantitative estimate of drug-likeness (QED) is 0.433. The standard InChI is InChI=1S/C17H21NO5.C16H19NO5/c1-3-23-15-8-11(4-7-14(15)17(20)21-2)16(19)18-12-5-6-13(18)10-22-9-12;1-2-22-14-7-10(3-6-13(14)16(19)20)15(18)17-11-4-5-12(17)9-21-8-11/h4,7-8,12-13H,3,5-6,9-10H2,1-2H3;3,6-7,11-12H,2,4-5,8-9H2,1H3,(H,19,20). The Morgan fingerprint density at radius 2 is 1.11 bits per heavy atom. The van der Waals surface area contributed by atoms with Crippen LogP contribution in [0.4, 0.5) is 0 Å². The molecule has 2 aromatic carbocycles. The summed E-state index contributed by atoms with van der Waals surface area (Å²) in [5.41, 5.74) is 1.39. The minimum Gasteiger partial charge on any atom is -0.493 e. The van der Waals surface area contributed by atoms with Gasteiger partial charge in [0.05, 0.1) is 70.9 Å². The molecule has 242 valence electrons. The Hall–Kier alpha value is -4.16. The molecule has 12 heteroatoms. The molecule has 2 aromatic rings. The molecule has 0 radical (unpaired) electrons. The van der Waals surface area contributed by atoms with Crippen molar-refractivity contribution in [3.8, 4) is 11.5 Å². The van der Waals surface area contributed by atoms with Crippen LogP contribution in [0.2, 0.25) is 0 Å². The molecular formula is C33H40N2O10. The van der Waals surface area contributed by atoms with Gasteiger partial charge in [0.1, 0.15) is 22.6 Å². The van der Waals surface area contributed by atoms with E-state index in [4.69, 9.17) is 23.7 Å². The van der Waals surface area contributed by atoms with Crippen molar-refractivity contribution >= 4 is 23.8 Å². The van der Waals surface area contributed by atoms with E-state index in [2.05, 4.69) is 0 Å². The zero-order valence-corrected chi connectivity index (χ0v) is 25.9. The molecule has 0 aromatic heterocycles. The zero-order valence-electron chi connectivity index (χ0n) is 25.9. The van der Waals surface area contributed by atoms with Crippen LogP contribution in [0.25, 0.3) is 0 Å². The first-order valence-electron chi connectivity index (χ1n) is 15.4. The molecular weight excluding hydrogens is 584 g/mol. The number of ether oxygens (including phenoxy) is 5. The topological polar surface area (TPSA) is 141 Å². The summed E-state index contributed by atoms with van der Waals surface area (Å²) >= 11 is 0. The molecule has 0 aliphatic carbocycles. The molecule has 45 heavy (non-hydrogen) atoms. The fourth-order valence-corrected chi connectivity index (χ4v) is 6.53. The van der Waals surface area contributed by atoms with E-state index < -0.39 is 11.9 Å². The monoisotopic (exact) mass is 624 g/mol. The highest BCUT2D eigenvalue weighted by Gasteiger charge is 2.42. The number of carbonyl (C=O) groups is 4. The lowest BCUT2D eigenvalue weighted by Gasteiger charge is -2.34. The number of esters is 1. The van der Waals surface area contributed by atoms with Crippen molar-refractivity contribution in [1.82, 2.24) is 9.80 Å². The van der Waals surface area contributed by atoms with Gasteiger partial charge >= 0.3 is 11.9 Å². The minimum absolute atomic E-state index is 0.0295. The lowest BCUT2D eigenvalue weighted by molar-refractivity contribution is -0.00731. The molecule has 4 unspecified atom stereocenters. The minimum atomic E-state index is -1.06. The molecule has 1 N–H and O–H groups in total. The SMILES string of the molecule is CCOc1cc(C(=O)N2C3CCC2COC3)ccc1C(=O)O.CCOc1cc(C(=O)N2C3CCC2COC3)ccc1C(=O)OC. The first-order valence-corrected chi connectivity index (χ1v) is 15.4. The van der Waals surface area contributed by atoms with Gasteiger partial charge in [0.25, 0.3) is 11.8 Å². The van der Waals surface area contributed by atoms with Gasteiger partial charge in [0.15, 0.2) is 0 Å². The highest BCUT2D eigenvalue weighted by atomic mass is 16.5. The Kier molecular flexibility index (Phi) is 10.2. The van der Waals surface area contributed by atoms with Crippen molar-refractivity contribution in [2.24, 2.45) is 0 Å². The summed E-state index contributed by atoms with van der Waals surface area (Å²) < 4.78 is 26.6. The van der Waals surface area contributed by atoms with E-state index in [1.54, 1.807) is 31.2 Å². The van der Waals surface area contributed by atoms with Crippen LogP contribution in [0.15, 0.2) is 36.4 Å². The first-order chi connectivity index (χ1) is 21.8. The van der Waals surface area contributed by atoms with E-state index in [9.17, 15) is 24.3 Å². The number of carboxylic acid groups (broad SMARTS) is 1. The van der Waals surface area contributed by atoms with Crippen LogP contribution < -0.4 is 9.47 Å². The number of morpholine rings is 2. The second-order valence-electron chi connectivity index (χ2n) is 11.4. The molecule has 0 saturated carbocycles. The molecule has 4 saturated heterocycles. The maximum atomic E-state index is 12.9. The van der Waals surface area contributed by atoms with Crippen molar-refractivity contribution in [1.29, 1.82) is 0 Å². The van der Waals surface area contributed by atoms with Crippen LogP contribution in [0.1, 0.15) is 81.0 Å². The van der Waals surface area contributed by atoms with Gasteiger partial charge in [-0.2, -0.15) is 0 Å². The van der Waals surface area contributed by atoms with E-state index in [1.165, 1.54) is 19.2 Å². The Labute approximate surface area is 262 Å². The summed E-state index contributed by atoms with van der Waals surface area (Å²) in [6.45, 7) is 6.72. The molecule has 4 aliphatic rings. The number of aromatic carboxylic acids is 1. The fraction of sp³-hybridized carbons (Fsp3) is 0.515. The fourth-order valence-electron chi connectivity index (χ4n) is 6.53. The van der Waals surface area contributed by atoms with Crippen molar-refractivity contribution in [3.05, 3.63) is 58.7 Å². The van der Waals surface area contributed by atoms with E-state index in [0.29, 0.717) is 62.1 Å². The summed E-state index contributed by atoms with van der Waals surface area (Å²) in [5, 5.41) is 9.17. The first kappa shape index (κ1) is 32.2. The number of methoxy groups -OCH3 is 1. The highest BCUT2D eigenvalue weighted by Crippen LogP contribution is 2.33. The van der Waals surface area contributed by atoms with Crippen LogP contribution in [0.5, 0.6) is 11.5 Å². The third kappa shape index (κ3) is 6.76. The normalized spacial score (nSPS) is 23.1. The van der Waals surface area contributed by atoms with Gasteiger partial charge in [-0.3, -0.25) is 9.59 Å². The van der Waals surface area contributed by atoms with E-state index >= 15 is 0 Å². The number of nitrogens with zero attached hydrogens (tertiary/aromatic N) is 2. The lowest BCUT2D eigenvalue weighted by atomic mass is 10.1. The predicted molar refractivity (Wildman–Crippen MR) is 161 cm³/mol. The van der Waals surface area contributed by atoms with Gasteiger partial charge in [-0.15, -0.1) is 0 Å². The van der Waals surface area contributed by atoms with Gasteiger partial charge in [0.2, 0.25) is 0 Å². The Balaban J connectivity index is 0.000000178. The molecule has 4 aliphatic heterocycles. The number of amides is 2. The molecule has 4 heterocycles. The number of fused-ring (bicyclic) bond motifs is 4.